The Labute approximate surface area is 120 Å². The molecular formula is C12H9Br2FOS. The molecule has 1 aromatic carbocycles. The molecule has 1 nitrogen and oxygen atoms in total. The van der Waals surface area contributed by atoms with E-state index in [4.69, 9.17) is 0 Å². The third-order valence-electron chi connectivity index (χ3n) is 2.51. The first-order valence-electron chi connectivity index (χ1n) is 4.88. The lowest BCUT2D eigenvalue weighted by molar-refractivity contribution is 0.219. The number of aliphatic hydroxyl groups excluding tert-OH is 1. The van der Waals surface area contributed by atoms with Crippen LogP contribution in [-0.2, 0) is 0 Å². The molecule has 0 saturated carbocycles. The highest BCUT2D eigenvalue weighted by Crippen LogP contribution is 2.38. The Hall–Kier alpha value is -0.230. The highest BCUT2D eigenvalue weighted by atomic mass is 79.9. The van der Waals surface area contributed by atoms with Gasteiger partial charge in [0.1, 0.15) is 11.9 Å². The summed E-state index contributed by atoms with van der Waals surface area (Å²) in [5.41, 5.74) is 2.21. The van der Waals surface area contributed by atoms with Crippen LogP contribution < -0.4 is 0 Å². The van der Waals surface area contributed by atoms with Gasteiger partial charge in [0, 0.05) is 5.56 Å². The standard InChI is InChI=1S/C12H9Br2FOS/c1-6-2-3-7(15)4-8(6)11(16)9-5-10(13)17-12(9)14/h2-5,11,16H,1H3. The van der Waals surface area contributed by atoms with Crippen LogP contribution in [-0.4, -0.2) is 5.11 Å². The number of aliphatic hydroxyl groups is 1. The van der Waals surface area contributed by atoms with Crippen LogP contribution in [0, 0.1) is 12.7 Å². The van der Waals surface area contributed by atoms with Gasteiger partial charge in [-0.05, 0) is 68.1 Å². The zero-order chi connectivity index (χ0) is 12.6. The van der Waals surface area contributed by atoms with Gasteiger partial charge in [-0.15, -0.1) is 11.3 Å². The molecule has 1 N–H and O–H groups in total. The first-order valence-corrected chi connectivity index (χ1v) is 7.28. The third kappa shape index (κ3) is 2.78. The molecular weight excluding hydrogens is 371 g/mol. The fraction of sp³-hybridized carbons (Fsp3) is 0.167. The van der Waals surface area contributed by atoms with Crippen LogP contribution in [0.1, 0.15) is 22.8 Å². The summed E-state index contributed by atoms with van der Waals surface area (Å²) in [5, 5.41) is 10.3. The van der Waals surface area contributed by atoms with Gasteiger partial charge in [0.25, 0.3) is 0 Å². The Morgan fingerprint density at radius 1 is 1.24 bits per heavy atom. The van der Waals surface area contributed by atoms with E-state index in [-0.39, 0.29) is 5.82 Å². The zero-order valence-electron chi connectivity index (χ0n) is 8.88. The number of thiophene rings is 1. The molecule has 2 aromatic rings. The average molecular weight is 380 g/mol. The molecule has 0 radical (unpaired) electrons. The van der Waals surface area contributed by atoms with Crippen molar-refractivity contribution in [3.05, 3.63) is 54.3 Å². The molecule has 5 heteroatoms. The largest absolute Gasteiger partial charge is 0.384 e. The highest BCUT2D eigenvalue weighted by Gasteiger charge is 2.18. The van der Waals surface area contributed by atoms with E-state index in [1.807, 2.05) is 13.0 Å². The van der Waals surface area contributed by atoms with E-state index in [1.54, 1.807) is 6.07 Å². The maximum absolute atomic E-state index is 13.2. The van der Waals surface area contributed by atoms with E-state index >= 15 is 0 Å². The second kappa shape index (κ2) is 5.18. The van der Waals surface area contributed by atoms with Crippen molar-refractivity contribution >= 4 is 43.2 Å². The van der Waals surface area contributed by atoms with Crippen LogP contribution in [0.2, 0.25) is 0 Å². The third-order valence-corrected chi connectivity index (χ3v) is 4.90. The lowest BCUT2D eigenvalue weighted by Crippen LogP contribution is -2.02. The van der Waals surface area contributed by atoms with Gasteiger partial charge in [0.05, 0.1) is 7.57 Å². The number of halogens is 3. The highest BCUT2D eigenvalue weighted by molar-refractivity contribution is 9.12. The van der Waals surface area contributed by atoms with E-state index in [0.717, 1.165) is 18.7 Å². The van der Waals surface area contributed by atoms with E-state index in [0.29, 0.717) is 5.56 Å². The Morgan fingerprint density at radius 3 is 2.53 bits per heavy atom. The Morgan fingerprint density at radius 2 is 1.94 bits per heavy atom. The average Bonchev–Trinajstić information content (AvgIpc) is 2.60. The van der Waals surface area contributed by atoms with Crippen molar-refractivity contribution in [3.8, 4) is 0 Å². The minimum atomic E-state index is -0.817. The maximum Gasteiger partial charge on any atom is 0.123 e. The maximum atomic E-state index is 13.2. The van der Waals surface area contributed by atoms with Crippen LogP contribution in [0.15, 0.2) is 31.8 Å². The van der Waals surface area contributed by atoms with Crippen LogP contribution in [0.3, 0.4) is 0 Å². The van der Waals surface area contributed by atoms with Crippen LogP contribution >= 0.6 is 43.2 Å². The number of rotatable bonds is 2. The van der Waals surface area contributed by atoms with Crippen LogP contribution in [0.5, 0.6) is 0 Å². The molecule has 90 valence electrons. The zero-order valence-corrected chi connectivity index (χ0v) is 12.9. The SMILES string of the molecule is Cc1ccc(F)cc1C(O)c1cc(Br)sc1Br. The lowest BCUT2D eigenvalue weighted by Gasteiger charge is -2.13. The van der Waals surface area contributed by atoms with Gasteiger partial charge in [0.2, 0.25) is 0 Å². The van der Waals surface area contributed by atoms with Gasteiger partial charge < -0.3 is 5.11 Å². The monoisotopic (exact) mass is 378 g/mol. The summed E-state index contributed by atoms with van der Waals surface area (Å²) < 4.78 is 15.0. The molecule has 0 amide bonds. The molecule has 2 rings (SSSR count). The predicted octanol–water partition coefficient (Wildman–Crippen LogP) is 4.80. The van der Waals surface area contributed by atoms with Gasteiger partial charge in [0.15, 0.2) is 0 Å². The number of benzene rings is 1. The molecule has 1 unspecified atom stereocenters. The minimum Gasteiger partial charge on any atom is -0.384 e. The molecule has 0 spiro atoms. The molecule has 0 aliphatic rings. The first-order chi connectivity index (χ1) is 7.99. The summed E-state index contributed by atoms with van der Waals surface area (Å²) in [6, 6.07) is 6.27. The number of aryl methyl sites for hydroxylation is 1. The molecule has 0 aliphatic carbocycles. The molecule has 0 bridgehead atoms. The van der Waals surface area contributed by atoms with Gasteiger partial charge in [-0.1, -0.05) is 6.07 Å². The lowest BCUT2D eigenvalue weighted by atomic mass is 9.99. The minimum absolute atomic E-state index is 0.338. The predicted molar refractivity (Wildman–Crippen MR) is 74.9 cm³/mol. The van der Waals surface area contributed by atoms with Crippen LogP contribution in [0.25, 0.3) is 0 Å². The molecule has 17 heavy (non-hydrogen) atoms. The van der Waals surface area contributed by atoms with Crippen molar-refractivity contribution in [2.24, 2.45) is 0 Å². The van der Waals surface area contributed by atoms with E-state index < -0.39 is 6.10 Å². The smallest absolute Gasteiger partial charge is 0.123 e. The Balaban J connectivity index is 2.46. The van der Waals surface area contributed by atoms with Gasteiger partial charge in [-0.3, -0.25) is 0 Å². The van der Waals surface area contributed by atoms with Crippen molar-refractivity contribution < 1.29 is 9.50 Å². The van der Waals surface area contributed by atoms with Gasteiger partial charge in [-0.25, -0.2) is 4.39 Å². The number of hydrogen-bond donors (Lipinski definition) is 1. The van der Waals surface area contributed by atoms with E-state index in [1.165, 1.54) is 23.5 Å². The summed E-state index contributed by atoms with van der Waals surface area (Å²) in [7, 11) is 0. The van der Waals surface area contributed by atoms with Crippen molar-refractivity contribution in [2.75, 3.05) is 0 Å². The summed E-state index contributed by atoms with van der Waals surface area (Å²) in [4.78, 5) is 0. The van der Waals surface area contributed by atoms with E-state index in [2.05, 4.69) is 31.9 Å². The van der Waals surface area contributed by atoms with Crippen LogP contribution in [0.4, 0.5) is 4.39 Å². The fourth-order valence-corrected chi connectivity index (χ4v) is 4.50. The summed E-state index contributed by atoms with van der Waals surface area (Å²) >= 11 is 8.23. The van der Waals surface area contributed by atoms with E-state index in [9.17, 15) is 9.50 Å². The number of hydrogen-bond acceptors (Lipinski definition) is 2. The summed E-state index contributed by atoms with van der Waals surface area (Å²) in [6.45, 7) is 1.85. The van der Waals surface area contributed by atoms with Crippen molar-refractivity contribution in [3.63, 3.8) is 0 Å². The van der Waals surface area contributed by atoms with Gasteiger partial charge in [-0.2, -0.15) is 0 Å². The molecule has 1 aromatic heterocycles. The fourth-order valence-electron chi connectivity index (χ4n) is 1.61. The second-order valence-electron chi connectivity index (χ2n) is 3.68. The van der Waals surface area contributed by atoms with Crippen molar-refractivity contribution in [1.82, 2.24) is 0 Å². The topological polar surface area (TPSA) is 20.2 Å². The quantitative estimate of drug-likeness (QED) is 0.794. The van der Waals surface area contributed by atoms with Crippen molar-refractivity contribution in [2.45, 2.75) is 13.0 Å². The molecule has 0 saturated heterocycles. The molecule has 0 fully saturated rings. The molecule has 1 atom stereocenters. The second-order valence-corrected chi connectivity index (χ2v) is 7.43. The van der Waals surface area contributed by atoms with Crippen molar-refractivity contribution in [1.29, 1.82) is 0 Å². The Bertz CT molecular complexity index is 553. The normalized spacial score (nSPS) is 12.8. The first kappa shape index (κ1) is 13.2. The molecule has 1 heterocycles. The van der Waals surface area contributed by atoms with Gasteiger partial charge >= 0.3 is 0 Å². The Kier molecular flexibility index (Phi) is 4.02. The summed E-state index contributed by atoms with van der Waals surface area (Å²) in [5.74, 6) is -0.338. The molecule has 0 aliphatic heterocycles. The summed E-state index contributed by atoms with van der Waals surface area (Å²) in [6.07, 6.45) is -0.817.